The molecule has 1 aromatic carbocycles. The van der Waals surface area contributed by atoms with E-state index in [1.54, 1.807) is 24.3 Å². The minimum absolute atomic E-state index is 0.0161. The lowest BCUT2D eigenvalue weighted by Gasteiger charge is -2.04. The summed E-state index contributed by atoms with van der Waals surface area (Å²) < 4.78 is 24.6. The molecule has 0 fully saturated rings. The molecular formula is C11H7BrO4S. The standard InChI is InChI=1S/C11H7BrO4S/c12-8-3-1-7(2-4-8)9-5-6-10(11(13)14)17(9,15)16/h1-6H,(H,13,14). The van der Waals surface area contributed by atoms with Gasteiger partial charge in [0.15, 0.2) is 4.91 Å². The highest BCUT2D eigenvalue weighted by atomic mass is 79.9. The van der Waals surface area contributed by atoms with Crippen LogP contribution < -0.4 is 0 Å². The summed E-state index contributed by atoms with van der Waals surface area (Å²) in [6, 6.07) is 6.63. The number of hydrogen-bond acceptors (Lipinski definition) is 3. The van der Waals surface area contributed by atoms with Gasteiger partial charge in [0.2, 0.25) is 9.84 Å². The first-order valence-electron chi connectivity index (χ1n) is 4.59. The van der Waals surface area contributed by atoms with Gasteiger partial charge in [0, 0.05) is 4.47 Å². The molecule has 0 saturated carbocycles. The van der Waals surface area contributed by atoms with E-state index in [-0.39, 0.29) is 4.91 Å². The third-order valence-electron chi connectivity index (χ3n) is 2.30. The molecule has 17 heavy (non-hydrogen) atoms. The highest BCUT2D eigenvalue weighted by molar-refractivity contribution is 9.10. The quantitative estimate of drug-likeness (QED) is 0.908. The molecule has 0 bridgehead atoms. The molecule has 0 aliphatic carbocycles. The van der Waals surface area contributed by atoms with Gasteiger partial charge in [0.05, 0.1) is 4.91 Å². The van der Waals surface area contributed by atoms with Gasteiger partial charge in [0.25, 0.3) is 0 Å². The minimum Gasteiger partial charge on any atom is -0.477 e. The second-order valence-corrected chi connectivity index (χ2v) is 6.18. The van der Waals surface area contributed by atoms with Crippen LogP contribution in [0.5, 0.6) is 0 Å². The second kappa shape index (κ2) is 4.12. The Morgan fingerprint density at radius 2 is 1.71 bits per heavy atom. The van der Waals surface area contributed by atoms with E-state index in [0.717, 1.165) is 10.5 Å². The number of rotatable bonds is 2. The Balaban J connectivity index is 2.46. The third kappa shape index (κ3) is 2.05. The maximum absolute atomic E-state index is 11.9. The van der Waals surface area contributed by atoms with E-state index in [1.165, 1.54) is 6.08 Å². The van der Waals surface area contributed by atoms with Gasteiger partial charge in [-0.2, -0.15) is 0 Å². The van der Waals surface area contributed by atoms with Crippen molar-refractivity contribution in [2.75, 3.05) is 0 Å². The van der Waals surface area contributed by atoms with E-state index in [2.05, 4.69) is 15.9 Å². The van der Waals surface area contributed by atoms with Gasteiger partial charge in [-0.25, -0.2) is 13.2 Å². The van der Waals surface area contributed by atoms with Crippen LogP contribution in [-0.2, 0) is 14.6 Å². The van der Waals surface area contributed by atoms with Crippen molar-refractivity contribution in [3.8, 4) is 0 Å². The average molecular weight is 315 g/mol. The number of carbonyl (C=O) groups is 1. The summed E-state index contributed by atoms with van der Waals surface area (Å²) in [4.78, 5) is 10.2. The highest BCUT2D eigenvalue weighted by Crippen LogP contribution is 2.32. The molecular weight excluding hydrogens is 308 g/mol. The van der Waals surface area contributed by atoms with Crippen molar-refractivity contribution >= 4 is 36.6 Å². The predicted octanol–water partition coefficient (Wildman–Crippen LogP) is 2.19. The molecule has 2 rings (SSSR count). The summed E-state index contributed by atoms with van der Waals surface area (Å²) >= 11 is 3.24. The predicted molar refractivity (Wildman–Crippen MR) is 66.8 cm³/mol. The molecule has 6 heteroatoms. The van der Waals surface area contributed by atoms with Crippen LogP contribution in [0.3, 0.4) is 0 Å². The Labute approximate surface area is 106 Å². The molecule has 1 aliphatic rings. The van der Waals surface area contributed by atoms with Gasteiger partial charge in [-0.1, -0.05) is 28.1 Å². The molecule has 0 aromatic heterocycles. The molecule has 1 N–H and O–H groups in total. The van der Waals surface area contributed by atoms with Crippen LogP contribution in [0.25, 0.3) is 4.91 Å². The van der Waals surface area contributed by atoms with Crippen molar-refractivity contribution in [3.05, 3.63) is 51.4 Å². The maximum atomic E-state index is 11.9. The Kier molecular flexibility index (Phi) is 2.92. The van der Waals surface area contributed by atoms with Crippen LogP contribution in [0.4, 0.5) is 0 Å². The molecule has 0 saturated heterocycles. The fourth-order valence-electron chi connectivity index (χ4n) is 1.50. The SMILES string of the molecule is O=C(O)C1=CC=C(c2ccc(Br)cc2)S1(=O)=O. The highest BCUT2D eigenvalue weighted by Gasteiger charge is 2.33. The topological polar surface area (TPSA) is 71.4 Å². The summed E-state index contributed by atoms with van der Waals surface area (Å²) in [5.41, 5.74) is 0.473. The smallest absolute Gasteiger partial charge is 0.347 e. The van der Waals surface area contributed by atoms with Crippen molar-refractivity contribution in [2.45, 2.75) is 0 Å². The summed E-state index contributed by atoms with van der Waals surface area (Å²) in [6.07, 6.45) is 2.41. The fraction of sp³-hybridized carbons (Fsp3) is 0. The summed E-state index contributed by atoms with van der Waals surface area (Å²) in [5, 5.41) is 8.77. The number of carboxylic acids is 1. The van der Waals surface area contributed by atoms with Crippen molar-refractivity contribution in [1.29, 1.82) is 0 Å². The number of allylic oxidation sites excluding steroid dienone is 2. The molecule has 1 aromatic rings. The van der Waals surface area contributed by atoms with E-state index in [4.69, 9.17) is 5.11 Å². The van der Waals surface area contributed by atoms with Crippen LogP contribution in [0.15, 0.2) is 45.8 Å². The maximum Gasteiger partial charge on any atom is 0.347 e. The van der Waals surface area contributed by atoms with Gasteiger partial charge >= 0.3 is 5.97 Å². The molecule has 0 amide bonds. The zero-order valence-corrected chi connectivity index (χ0v) is 10.8. The lowest BCUT2D eigenvalue weighted by molar-refractivity contribution is -0.131. The average Bonchev–Trinajstić information content (AvgIpc) is 2.55. The Hall–Kier alpha value is -1.40. The summed E-state index contributed by atoms with van der Waals surface area (Å²) in [5.74, 6) is -1.44. The lowest BCUT2D eigenvalue weighted by atomic mass is 10.2. The molecule has 0 atom stereocenters. The lowest BCUT2D eigenvalue weighted by Crippen LogP contribution is -2.10. The first kappa shape index (κ1) is 12.1. The molecule has 0 spiro atoms. The van der Waals surface area contributed by atoms with Crippen LogP contribution in [-0.4, -0.2) is 19.5 Å². The third-order valence-corrected chi connectivity index (χ3v) is 4.67. The Morgan fingerprint density at radius 1 is 1.12 bits per heavy atom. The van der Waals surface area contributed by atoms with Gasteiger partial charge in [-0.05, 0) is 29.8 Å². The normalized spacial score (nSPS) is 17.5. The number of benzene rings is 1. The van der Waals surface area contributed by atoms with E-state index in [0.29, 0.717) is 5.56 Å². The zero-order chi connectivity index (χ0) is 12.6. The minimum atomic E-state index is -3.89. The second-order valence-electron chi connectivity index (χ2n) is 3.38. The van der Waals surface area contributed by atoms with Crippen molar-refractivity contribution in [3.63, 3.8) is 0 Å². The van der Waals surface area contributed by atoms with Crippen LogP contribution in [0.2, 0.25) is 0 Å². The number of carboxylic acid groups (broad SMARTS) is 1. The largest absolute Gasteiger partial charge is 0.477 e. The molecule has 1 aliphatic heterocycles. The summed E-state index contributed by atoms with van der Waals surface area (Å²) in [6.45, 7) is 0. The van der Waals surface area contributed by atoms with Gasteiger partial charge in [0.1, 0.15) is 0 Å². The number of hydrogen-bond donors (Lipinski definition) is 1. The van der Waals surface area contributed by atoms with E-state index < -0.39 is 20.7 Å². The van der Waals surface area contributed by atoms with Gasteiger partial charge in [-0.15, -0.1) is 0 Å². The molecule has 1 heterocycles. The molecule has 0 radical (unpaired) electrons. The Bertz CT molecular complexity index is 639. The first-order chi connectivity index (χ1) is 7.93. The number of halogens is 1. The first-order valence-corrected chi connectivity index (χ1v) is 6.87. The molecule has 4 nitrogen and oxygen atoms in total. The van der Waals surface area contributed by atoms with Crippen molar-refractivity contribution in [1.82, 2.24) is 0 Å². The van der Waals surface area contributed by atoms with Crippen LogP contribution in [0, 0.1) is 0 Å². The van der Waals surface area contributed by atoms with Crippen molar-refractivity contribution < 1.29 is 18.3 Å². The van der Waals surface area contributed by atoms with Crippen molar-refractivity contribution in [2.24, 2.45) is 0 Å². The molecule has 0 unspecified atom stereocenters. The summed E-state index contributed by atoms with van der Waals surface area (Å²) in [7, 11) is -3.89. The number of aliphatic carboxylic acids is 1. The Morgan fingerprint density at radius 3 is 2.18 bits per heavy atom. The van der Waals surface area contributed by atoms with Crippen LogP contribution in [0.1, 0.15) is 5.56 Å². The fourth-order valence-corrected chi connectivity index (χ4v) is 3.17. The van der Waals surface area contributed by atoms with E-state index in [1.807, 2.05) is 0 Å². The zero-order valence-electron chi connectivity index (χ0n) is 8.42. The van der Waals surface area contributed by atoms with E-state index in [9.17, 15) is 13.2 Å². The number of sulfone groups is 1. The van der Waals surface area contributed by atoms with Gasteiger partial charge in [-0.3, -0.25) is 0 Å². The van der Waals surface area contributed by atoms with Gasteiger partial charge < -0.3 is 5.11 Å². The monoisotopic (exact) mass is 314 g/mol. The van der Waals surface area contributed by atoms with E-state index >= 15 is 0 Å². The molecule has 88 valence electrons. The van der Waals surface area contributed by atoms with Crippen LogP contribution >= 0.6 is 15.9 Å².